The number of hydrogen-bond acceptors (Lipinski definition) is 4. The first-order chi connectivity index (χ1) is 12.8. The summed E-state index contributed by atoms with van der Waals surface area (Å²) < 4.78 is 20.7. The van der Waals surface area contributed by atoms with E-state index in [4.69, 9.17) is 19.3 Å². The summed E-state index contributed by atoms with van der Waals surface area (Å²) in [4.78, 5) is 10.9. The number of carboxylic acids is 1. The minimum Gasteiger partial charge on any atom is -0.491 e. The number of aliphatic carboxylic acids is 1. The van der Waals surface area contributed by atoms with Gasteiger partial charge in [0.25, 0.3) is 0 Å². The van der Waals surface area contributed by atoms with Crippen molar-refractivity contribution < 1.29 is 24.1 Å². The number of carbonyl (C=O) groups is 1. The first kappa shape index (κ1) is 23.7. The average Bonchev–Trinajstić information content (AvgIpc) is 2.56. The van der Waals surface area contributed by atoms with Crippen molar-refractivity contribution in [2.24, 2.45) is 0 Å². The van der Waals surface area contributed by atoms with Gasteiger partial charge in [0.1, 0.15) is 11.5 Å². The zero-order valence-electron chi connectivity index (χ0n) is 14.2. The Morgan fingerprint density at radius 3 is 2.00 bits per heavy atom. The highest BCUT2D eigenvalue weighted by molar-refractivity contribution is 14.1. The molecule has 0 bridgehead atoms. The third-order valence-electron chi connectivity index (χ3n) is 3.34. The molecule has 0 aromatic heterocycles. The van der Waals surface area contributed by atoms with Gasteiger partial charge in [-0.2, -0.15) is 0 Å². The summed E-state index contributed by atoms with van der Waals surface area (Å²) in [6.07, 6.45) is 0.831. The van der Waals surface area contributed by atoms with Gasteiger partial charge in [-0.3, -0.25) is 4.79 Å². The summed E-state index contributed by atoms with van der Waals surface area (Å²) in [6, 6.07) is 7.56. The number of halogens is 4. The van der Waals surface area contributed by atoms with E-state index >= 15 is 0 Å². The largest absolute Gasteiger partial charge is 0.491 e. The molecular formula is C18H16I4O5. The molecule has 0 spiro atoms. The van der Waals surface area contributed by atoms with Crippen LogP contribution in [0.3, 0.4) is 0 Å². The summed E-state index contributed by atoms with van der Waals surface area (Å²) in [7, 11) is 1.68. The van der Waals surface area contributed by atoms with Crippen molar-refractivity contribution in [1.29, 1.82) is 0 Å². The first-order valence-electron chi connectivity index (χ1n) is 7.80. The molecule has 1 N–H and O–H groups in total. The van der Waals surface area contributed by atoms with Crippen LogP contribution in [0.5, 0.6) is 17.2 Å². The van der Waals surface area contributed by atoms with E-state index in [0.717, 1.165) is 43.5 Å². The molecule has 5 nitrogen and oxygen atoms in total. The second-order valence-corrected chi connectivity index (χ2v) is 10.1. The summed E-state index contributed by atoms with van der Waals surface area (Å²) in [5.41, 5.74) is 0.757. The van der Waals surface area contributed by atoms with Crippen LogP contribution >= 0.6 is 90.4 Å². The fourth-order valence-electron chi connectivity index (χ4n) is 2.22. The molecule has 146 valence electrons. The lowest BCUT2D eigenvalue weighted by Crippen LogP contribution is -2.04. The van der Waals surface area contributed by atoms with Crippen LogP contribution in [0.15, 0.2) is 24.3 Å². The monoisotopic (exact) mass is 820 g/mol. The zero-order chi connectivity index (χ0) is 20.0. The quantitative estimate of drug-likeness (QED) is 0.251. The molecule has 0 atom stereocenters. The normalized spacial score (nSPS) is 10.7. The lowest BCUT2D eigenvalue weighted by atomic mass is 10.1. The minimum atomic E-state index is -0.847. The maximum atomic E-state index is 10.9. The second-order valence-electron chi connectivity index (χ2n) is 5.47. The first-order valence-corrected chi connectivity index (χ1v) is 12.1. The van der Waals surface area contributed by atoms with E-state index in [1.165, 1.54) is 0 Å². The van der Waals surface area contributed by atoms with Gasteiger partial charge >= 0.3 is 5.97 Å². The maximum absolute atomic E-state index is 10.9. The number of ether oxygens (including phenoxy) is 3. The van der Waals surface area contributed by atoms with Gasteiger partial charge in [-0.15, -0.1) is 0 Å². The van der Waals surface area contributed by atoms with Gasteiger partial charge in [0.15, 0.2) is 5.75 Å². The Hall–Kier alpha value is 0.390. The fraction of sp³-hybridized carbons (Fsp3) is 0.278. The zero-order valence-corrected chi connectivity index (χ0v) is 22.9. The Morgan fingerprint density at radius 2 is 1.48 bits per heavy atom. The fourth-order valence-corrected chi connectivity index (χ4v) is 6.36. The van der Waals surface area contributed by atoms with Crippen LogP contribution in [0.2, 0.25) is 0 Å². The van der Waals surface area contributed by atoms with Crippen LogP contribution in [0.25, 0.3) is 0 Å². The van der Waals surface area contributed by atoms with Crippen molar-refractivity contribution in [3.05, 3.63) is 44.1 Å². The van der Waals surface area contributed by atoms with Crippen LogP contribution in [-0.4, -0.2) is 31.4 Å². The second kappa shape index (κ2) is 11.5. The molecule has 2 rings (SSSR count). The molecule has 0 aliphatic rings. The van der Waals surface area contributed by atoms with Gasteiger partial charge in [-0.05, 0) is 120 Å². The molecule has 2 aromatic rings. The van der Waals surface area contributed by atoms with Crippen LogP contribution < -0.4 is 9.47 Å². The van der Waals surface area contributed by atoms with Crippen molar-refractivity contribution in [2.45, 2.75) is 12.8 Å². The minimum absolute atomic E-state index is 0.00279. The van der Waals surface area contributed by atoms with Crippen LogP contribution in [0, 0.1) is 14.3 Å². The standard InChI is InChI=1S/C18H16I4O5/c1-25-3-2-4-26-17-14(21)8-11(9-15(17)22)27-18-12(19)5-10(6-13(18)20)7-16(23)24/h5-6,8-9H,2-4,7H2,1H3,(H,23,24). The number of carboxylic acid groups (broad SMARTS) is 1. The molecule has 0 saturated carbocycles. The van der Waals surface area contributed by atoms with E-state index in [0.29, 0.717) is 13.2 Å². The molecule has 2 aromatic carbocycles. The molecule has 27 heavy (non-hydrogen) atoms. The van der Waals surface area contributed by atoms with E-state index in [2.05, 4.69) is 90.4 Å². The number of hydrogen-bond donors (Lipinski definition) is 1. The number of rotatable bonds is 9. The Bertz CT molecular complexity index is 779. The topological polar surface area (TPSA) is 65.0 Å². The Balaban J connectivity index is 2.19. The van der Waals surface area contributed by atoms with Gasteiger partial charge in [0, 0.05) is 20.1 Å². The molecule has 0 amide bonds. The summed E-state index contributed by atoms with van der Waals surface area (Å²) in [6.45, 7) is 1.27. The van der Waals surface area contributed by atoms with Crippen molar-refractivity contribution in [1.82, 2.24) is 0 Å². The highest BCUT2D eigenvalue weighted by atomic mass is 127. The number of benzene rings is 2. The van der Waals surface area contributed by atoms with Crippen molar-refractivity contribution >= 4 is 96.3 Å². The predicted molar refractivity (Wildman–Crippen MR) is 137 cm³/mol. The van der Waals surface area contributed by atoms with Crippen molar-refractivity contribution in [2.75, 3.05) is 20.3 Å². The molecule has 0 heterocycles. The Labute approximate surface area is 212 Å². The molecule has 0 unspecified atom stereocenters. The Morgan fingerprint density at radius 1 is 0.926 bits per heavy atom. The molecule has 0 saturated heterocycles. The molecule has 0 aliphatic carbocycles. The SMILES string of the molecule is COCCCOc1c(I)cc(Oc2c(I)cc(CC(=O)O)cc2I)cc1I. The van der Waals surface area contributed by atoms with E-state index < -0.39 is 5.97 Å². The third kappa shape index (κ3) is 7.29. The van der Waals surface area contributed by atoms with Gasteiger partial charge < -0.3 is 19.3 Å². The predicted octanol–water partition coefficient (Wildman–Crippen LogP) is 5.94. The van der Waals surface area contributed by atoms with E-state index in [-0.39, 0.29) is 6.42 Å². The van der Waals surface area contributed by atoms with E-state index in [9.17, 15) is 4.79 Å². The molecule has 0 radical (unpaired) electrons. The van der Waals surface area contributed by atoms with E-state index in [1.807, 2.05) is 24.3 Å². The van der Waals surface area contributed by atoms with Crippen molar-refractivity contribution in [3.8, 4) is 17.2 Å². The summed E-state index contributed by atoms with van der Waals surface area (Å²) in [5, 5.41) is 8.98. The molecule has 0 fully saturated rings. The van der Waals surface area contributed by atoms with Crippen molar-refractivity contribution in [3.63, 3.8) is 0 Å². The van der Waals surface area contributed by atoms with Crippen LogP contribution in [0.4, 0.5) is 0 Å². The highest BCUT2D eigenvalue weighted by Gasteiger charge is 2.15. The van der Waals surface area contributed by atoms with Gasteiger partial charge in [-0.25, -0.2) is 0 Å². The maximum Gasteiger partial charge on any atom is 0.307 e. The van der Waals surface area contributed by atoms with Gasteiger partial charge in [0.2, 0.25) is 0 Å². The third-order valence-corrected chi connectivity index (χ3v) is 6.55. The summed E-state index contributed by atoms with van der Waals surface area (Å²) >= 11 is 8.83. The Kier molecular flexibility index (Phi) is 10.1. The summed E-state index contributed by atoms with van der Waals surface area (Å²) in [5.74, 6) is 1.45. The van der Waals surface area contributed by atoms with Gasteiger partial charge in [0.05, 0.1) is 27.3 Å². The number of methoxy groups -OCH3 is 1. The smallest absolute Gasteiger partial charge is 0.307 e. The van der Waals surface area contributed by atoms with Crippen LogP contribution in [-0.2, 0) is 16.0 Å². The molecule has 9 heteroatoms. The molecular weight excluding hydrogens is 804 g/mol. The highest BCUT2D eigenvalue weighted by Crippen LogP contribution is 2.37. The van der Waals surface area contributed by atoms with Crippen LogP contribution in [0.1, 0.15) is 12.0 Å². The average molecular weight is 820 g/mol. The van der Waals surface area contributed by atoms with E-state index in [1.54, 1.807) is 7.11 Å². The lowest BCUT2D eigenvalue weighted by molar-refractivity contribution is -0.136. The lowest BCUT2D eigenvalue weighted by Gasteiger charge is -2.15. The van der Waals surface area contributed by atoms with Gasteiger partial charge in [-0.1, -0.05) is 0 Å². The molecule has 0 aliphatic heterocycles.